The Morgan fingerprint density at radius 3 is 2.38 bits per heavy atom. The fraction of sp³-hybridized carbons (Fsp3) is 0. The van der Waals surface area contributed by atoms with Crippen LogP contribution in [0.15, 0.2) is 46.2 Å². The number of hydrogen-bond acceptors (Lipinski definition) is 6. The predicted octanol–water partition coefficient (Wildman–Crippen LogP) is 3.89. The highest BCUT2D eigenvalue weighted by Gasteiger charge is 2.21. The van der Waals surface area contributed by atoms with Crippen molar-refractivity contribution in [1.82, 2.24) is 0 Å². The molecule has 0 aliphatic rings. The number of benzene rings is 2. The highest BCUT2D eigenvalue weighted by Crippen LogP contribution is 2.40. The molecule has 9 heteroatoms. The van der Waals surface area contributed by atoms with E-state index in [0.29, 0.717) is 15.6 Å². The van der Waals surface area contributed by atoms with Crippen molar-refractivity contribution in [3.8, 4) is 0 Å². The van der Waals surface area contributed by atoms with Gasteiger partial charge in [-0.25, -0.2) is 0 Å². The largest absolute Gasteiger partial charge is 0.397 e. The van der Waals surface area contributed by atoms with Gasteiger partial charge in [0, 0.05) is 11.0 Å². The summed E-state index contributed by atoms with van der Waals surface area (Å²) in [6.45, 7) is 0. The molecular formula is C12H8ClN3O4S. The maximum atomic E-state index is 11.1. The van der Waals surface area contributed by atoms with Crippen molar-refractivity contribution in [3.05, 3.63) is 61.6 Å². The smallest absolute Gasteiger partial charge is 0.290 e. The summed E-state index contributed by atoms with van der Waals surface area (Å²) < 4.78 is 0. The number of nitro benzene ring substituents is 2. The van der Waals surface area contributed by atoms with Gasteiger partial charge in [-0.2, -0.15) is 0 Å². The zero-order chi connectivity index (χ0) is 15.6. The zero-order valence-electron chi connectivity index (χ0n) is 10.4. The molecule has 0 radical (unpaired) electrons. The first kappa shape index (κ1) is 15.1. The lowest BCUT2D eigenvalue weighted by atomic mass is 10.3. The second kappa shape index (κ2) is 5.98. The van der Waals surface area contributed by atoms with Crippen LogP contribution in [0.25, 0.3) is 0 Å². The highest BCUT2D eigenvalue weighted by molar-refractivity contribution is 7.99. The lowest BCUT2D eigenvalue weighted by Gasteiger charge is -2.07. The van der Waals surface area contributed by atoms with E-state index >= 15 is 0 Å². The molecular weight excluding hydrogens is 318 g/mol. The molecule has 0 heterocycles. The molecule has 0 amide bonds. The van der Waals surface area contributed by atoms with Gasteiger partial charge in [-0.05, 0) is 18.2 Å². The molecule has 7 nitrogen and oxygen atoms in total. The van der Waals surface area contributed by atoms with Gasteiger partial charge in [0.05, 0.1) is 31.5 Å². The summed E-state index contributed by atoms with van der Waals surface area (Å²) >= 11 is 6.92. The third kappa shape index (κ3) is 3.23. The van der Waals surface area contributed by atoms with Gasteiger partial charge in [-0.15, -0.1) is 0 Å². The van der Waals surface area contributed by atoms with E-state index in [-0.39, 0.29) is 16.3 Å². The number of nitrogens with zero attached hydrogens (tertiary/aromatic N) is 2. The van der Waals surface area contributed by atoms with E-state index < -0.39 is 9.85 Å². The van der Waals surface area contributed by atoms with Gasteiger partial charge in [0.15, 0.2) is 0 Å². The van der Waals surface area contributed by atoms with Gasteiger partial charge in [-0.3, -0.25) is 20.2 Å². The quantitative estimate of drug-likeness (QED) is 0.518. The van der Waals surface area contributed by atoms with Crippen molar-refractivity contribution < 1.29 is 9.85 Å². The van der Waals surface area contributed by atoms with Crippen molar-refractivity contribution in [2.75, 3.05) is 5.73 Å². The molecule has 0 atom stereocenters. The van der Waals surface area contributed by atoms with Gasteiger partial charge in [-0.1, -0.05) is 29.4 Å². The number of nitro groups is 2. The van der Waals surface area contributed by atoms with Crippen molar-refractivity contribution in [3.63, 3.8) is 0 Å². The standard InChI is InChI=1S/C12H8ClN3O4S/c13-8-2-1-3-11(12(8)14)21-10-5-4-7(15(17)18)6-9(10)16(19)20/h1-6H,14H2. The average molecular weight is 326 g/mol. The van der Waals surface area contributed by atoms with Gasteiger partial charge >= 0.3 is 0 Å². The summed E-state index contributed by atoms with van der Waals surface area (Å²) in [5.41, 5.74) is 5.41. The van der Waals surface area contributed by atoms with Crippen LogP contribution in [0.2, 0.25) is 5.02 Å². The number of para-hydroxylation sites is 1. The molecule has 0 bridgehead atoms. The van der Waals surface area contributed by atoms with Crippen molar-refractivity contribution in [2.24, 2.45) is 0 Å². The topological polar surface area (TPSA) is 112 Å². The number of nitrogen functional groups attached to an aromatic ring is 1. The lowest BCUT2D eigenvalue weighted by Crippen LogP contribution is -1.95. The first-order valence-corrected chi connectivity index (χ1v) is 6.74. The zero-order valence-corrected chi connectivity index (χ0v) is 11.9. The molecule has 2 aromatic rings. The number of hydrogen-bond donors (Lipinski definition) is 1. The Kier molecular flexibility index (Phi) is 4.29. The van der Waals surface area contributed by atoms with Crippen LogP contribution in [-0.2, 0) is 0 Å². The van der Waals surface area contributed by atoms with Crippen molar-refractivity contribution >= 4 is 40.4 Å². The molecule has 2 aromatic carbocycles. The minimum atomic E-state index is -0.685. The highest BCUT2D eigenvalue weighted by atomic mass is 35.5. The van der Waals surface area contributed by atoms with Crippen LogP contribution in [0.1, 0.15) is 0 Å². The summed E-state index contributed by atoms with van der Waals surface area (Å²) in [5, 5.41) is 22.1. The van der Waals surface area contributed by atoms with Crippen LogP contribution in [0.4, 0.5) is 17.1 Å². The minimum Gasteiger partial charge on any atom is -0.397 e. The van der Waals surface area contributed by atoms with Crippen LogP contribution in [-0.4, -0.2) is 9.85 Å². The molecule has 2 N–H and O–H groups in total. The van der Waals surface area contributed by atoms with E-state index in [1.807, 2.05) is 0 Å². The third-order valence-electron chi connectivity index (χ3n) is 2.58. The maximum absolute atomic E-state index is 11.1. The van der Waals surface area contributed by atoms with E-state index in [1.54, 1.807) is 18.2 Å². The van der Waals surface area contributed by atoms with E-state index in [0.717, 1.165) is 17.8 Å². The number of nitrogens with two attached hydrogens (primary N) is 1. The first-order chi connectivity index (χ1) is 9.90. The van der Waals surface area contributed by atoms with Gasteiger partial charge in [0.1, 0.15) is 0 Å². The molecule has 0 fully saturated rings. The summed E-state index contributed by atoms with van der Waals surface area (Å²) in [4.78, 5) is 21.2. The molecule has 0 saturated heterocycles. The van der Waals surface area contributed by atoms with E-state index in [9.17, 15) is 20.2 Å². The Labute approximate surface area is 128 Å². The van der Waals surface area contributed by atoms with Gasteiger partial charge < -0.3 is 5.73 Å². The SMILES string of the molecule is Nc1c(Cl)cccc1Sc1ccc([N+](=O)[O-])cc1[N+](=O)[O-]. The Morgan fingerprint density at radius 1 is 1.05 bits per heavy atom. The Balaban J connectivity index is 2.46. The third-order valence-corrected chi connectivity index (χ3v) is 4.05. The molecule has 0 aliphatic carbocycles. The fourth-order valence-corrected chi connectivity index (χ4v) is 2.78. The summed E-state index contributed by atoms with van der Waals surface area (Å²) in [6.07, 6.45) is 0. The van der Waals surface area contributed by atoms with Crippen LogP contribution in [0, 0.1) is 20.2 Å². The molecule has 0 aliphatic heterocycles. The summed E-state index contributed by atoms with van der Waals surface area (Å²) in [7, 11) is 0. The Morgan fingerprint density at radius 2 is 1.76 bits per heavy atom. The van der Waals surface area contributed by atoms with Crippen LogP contribution >= 0.6 is 23.4 Å². The monoisotopic (exact) mass is 325 g/mol. The molecule has 0 aromatic heterocycles. The fourth-order valence-electron chi connectivity index (χ4n) is 1.57. The summed E-state index contributed by atoms with van der Waals surface area (Å²) in [5.74, 6) is 0. The normalized spacial score (nSPS) is 10.3. The molecule has 0 spiro atoms. The minimum absolute atomic E-state index is 0.250. The summed E-state index contributed by atoms with van der Waals surface area (Å²) in [6, 6.07) is 8.38. The van der Waals surface area contributed by atoms with Crippen LogP contribution in [0.5, 0.6) is 0 Å². The number of halogens is 1. The van der Waals surface area contributed by atoms with Gasteiger partial charge in [0.25, 0.3) is 11.4 Å². The molecule has 21 heavy (non-hydrogen) atoms. The second-order valence-corrected chi connectivity index (χ2v) is 5.41. The molecule has 0 saturated carbocycles. The van der Waals surface area contributed by atoms with Crippen LogP contribution < -0.4 is 5.73 Å². The molecule has 2 rings (SSSR count). The predicted molar refractivity (Wildman–Crippen MR) is 79.7 cm³/mol. The lowest BCUT2D eigenvalue weighted by molar-refractivity contribution is -0.396. The van der Waals surface area contributed by atoms with Gasteiger partial charge in [0.2, 0.25) is 0 Å². The first-order valence-electron chi connectivity index (χ1n) is 5.55. The number of anilines is 1. The number of rotatable bonds is 4. The molecule has 108 valence electrons. The second-order valence-electron chi connectivity index (χ2n) is 3.92. The van der Waals surface area contributed by atoms with Crippen molar-refractivity contribution in [1.29, 1.82) is 0 Å². The Hall–Kier alpha value is -2.32. The number of non-ortho nitro benzene ring substituents is 1. The van der Waals surface area contributed by atoms with E-state index in [1.165, 1.54) is 12.1 Å². The van der Waals surface area contributed by atoms with Crippen molar-refractivity contribution in [2.45, 2.75) is 9.79 Å². The Bertz CT molecular complexity index is 738. The van der Waals surface area contributed by atoms with E-state index in [2.05, 4.69) is 0 Å². The average Bonchev–Trinajstić information content (AvgIpc) is 2.43. The maximum Gasteiger partial charge on any atom is 0.290 e. The van der Waals surface area contributed by atoms with Crippen LogP contribution in [0.3, 0.4) is 0 Å². The van der Waals surface area contributed by atoms with E-state index in [4.69, 9.17) is 17.3 Å². The molecule has 0 unspecified atom stereocenters.